The number of methoxy groups -OCH3 is 1. The summed E-state index contributed by atoms with van der Waals surface area (Å²) in [5, 5.41) is 2.46. The minimum atomic E-state index is -0.596. The number of hydrogen-bond acceptors (Lipinski definition) is 6. The maximum absolute atomic E-state index is 11.2. The summed E-state index contributed by atoms with van der Waals surface area (Å²) in [6, 6.07) is 8.65. The number of aromatic nitrogens is 3. The van der Waals surface area contributed by atoms with Gasteiger partial charge in [0, 0.05) is 12.1 Å². The number of pyridine rings is 1. The number of H-pyrrole nitrogens is 1. The van der Waals surface area contributed by atoms with E-state index in [1.54, 1.807) is 30.3 Å². The third kappa shape index (κ3) is 2.90. The van der Waals surface area contributed by atoms with E-state index in [1.807, 2.05) is 0 Å². The van der Waals surface area contributed by atoms with Gasteiger partial charge in [0.15, 0.2) is 0 Å². The molecule has 1 amide bonds. The van der Waals surface area contributed by atoms with Crippen molar-refractivity contribution in [3.05, 3.63) is 36.5 Å². The molecule has 8 nitrogen and oxygen atoms in total. The first-order chi connectivity index (χ1) is 10.6. The number of ether oxygens (including phenoxy) is 2. The lowest BCUT2D eigenvalue weighted by molar-refractivity contribution is 0.186. The van der Waals surface area contributed by atoms with Gasteiger partial charge in [0.25, 0.3) is 0 Å². The SMILES string of the molecule is COC(=O)Nc1nc2ccc(Oc3ccc(N)cn3)cc2[nH]1. The van der Waals surface area contributed by atoms with Crippen LogP contribution in [0.3, 0.4) is 0 Å². The average Bonchev–Trinajstić information content (AvgIpc) is 2.91. The molecule has 3 aromatic rings. The summed E-state index contributed by atoms with van der Waals surface area (Å²) in [4.78, 5) is 22.4. The van der Waals surface area contributed by atoms with Gasteiger partial charge in [-0.3, -0.25) is 5.32 Å². The molecular weight excluding hydrogens is 286 g/mol. The van der Waals surface area contributed by atoms with E-state index in [0.29, 0.717) is 34.3 Å². The van der Waals surface area contributed by atoms with Gasteiger partial charge in [-0.05, 0) is 18.2 Å². The highest BCUT2D eigenvalue weighted by Gasteiger charge is 2.08. The van der Waals surface area contributed by atoms with Crippen molar-refractivity contribution in [2.45, 2.75) is 0 Å². The normalized spacial score (nSPS) is 10.4. The highest BCUT2D eigenvalue weighted by Crippen LogP contribution is 2.24. The molecule has 112 valence electrons. The molecule has 0 aliphatic carbocycles. The second kappa shape index (κ2) is 5.60. The number of imidazole rings is 1. The lowest BCUT2D eigenvalue weighted by Crippen LogP contribution is -2.11. The van der Waals surface area contributed by atoms with Gasteiger partial charge >= 0.3 is 6.09 Å². The van der Waals surface area contributed by atoms with E-state index in [-0.39, 0.29) is 0 Å². The number of amides is 1. The van der Waals surface area contributed by atoms with Crippen LogP contribution in [0.2, 0.25) is 0 Å². The van der Waals surface area contributed by atoms with Crippen molar-refractivity contribution >= 4 is 28.8 Å². The topological polar surface area (TPSA) is 115 Å². The first-order valence-corrected chi connectivity index (χ1v) is 6.38. The molecule has 0 spiro atoms. The first-order valence-electron chi connectivity index (χ1n) is 6.38. The minimum absolute atomic E-state index is 0.296. The molecule has 0 fully saturated rings. The molecule has 0 aliphatic heterocycles. The monoisotopic (exact) mass is 299 g/mol. The Morgan fingerprint density at radius 1 is 1.32 bits per heavy atom. The molecule has 0 unspecified atom stereocenters. The number of rotatable bonds is 3. The predicted octanol–water partition coefficient (Wildman–Crippen LogP) is 2.51. The van der Waals surface area contributed by atoms with Crippen LogP contribution < -0.4 is 15.8 Å². The Bertz CT molecular complexity index is 813. The van der Waals surface area contributed by atoms with Crippen molar-refractivity contribution < 1.29 is 14.3 Å². The number of nitrogens with one attached hydrogen (secondary N) is 2. The summed E-state index contributed by atoms with van der Waals surface area (Å²) in [7, 11) is 1.28. The number of carbonyl (C=O) groups is 1. The van der Waals surface area contributed by atoms with Crippen molar-refractivity contribution in [2.75, 3.05) is 18.2 Å². The van der Waals surface area contributed by atoms with Crippen molar-refractivity contribution in [1.29, 1.82) is 0 Å². The van der Waals surface area contributed by atoms with Crippen LogP contribution in [0.5, 0.6) is 11.6 Å². The molecule has 3 rings (SSSR count). The highest BCUT2D eigenvalue weighted by molar-refractivity contribution is 5.86. The minimum Gasteiger partial charge on any atom is -0.453 e. The molecule has 0 atom stereocenters. The summed E-state index contributed by atoms with van der Waals surface area (Å²) < 4.78 is 10.1. The number of hydrogen-bond donors (Lipinski definition) is 3. The van der Waals surface area contributed by atoms with E-state index in [4.69, 9.17) is 10.5 Å². The smallest absolute Gasteiger partial charge is 0.413 e. The Morgan fingerprint density at radius 3 is 2.91 bits per heavy atom. The van der Waals surface area contributed by atoms with Crippen molar-refractivity contribution in [1.82, 2.24) is 15.0 Å². The van der Waals surface area contributed by atoms with Gasteiger partial charge in [-0.25, -0.2) is 14.8 Å². The number of nitrogens with zero attached hydrogens (tertiary/aromatic N) is 2. The Morgan fingerprint density at radius 2 is 2.18 bits per heavy atom. The fourth-order valence-corrected chi connectivity index (χ4v) is 1.83. The molecule has 22 heavy (non-hydrogen) atoms. The summed E-state index contributed by atoms with van der Waals surface area (Å²) >= 11 is 0. The molecule has 2 aromatic heterocycles. The van der Waals surface area contributed by atoms with Gasteiger partial charge in [0.2, 0.25) is 11.8 Å². The maximum atomic E-state index is 11.2. The van der Waals surface area contributed by atoms with Gasteiger partial charge in [-0.15, -0.1) is 0 Å². The van der Waals surface area contributed by atoms with Crippen LogP contribution >= 0.6 is 0 Å². The quantitative estimate of drug-likeness (QED) is 0.684. The lowest BCUT2D eigenvalue weighted by atomic mass is 10.3. The number of fused-ring (bicyclic) bond motifs is 1. The van der Waals surface area contributed by atoms with Crippen LogP contribution in [0.4, 0.5) is 16.4 Å². The van der Waals surface area contributed by atoms with Crippen LogP contribution in [0.15, 0.2) is 36.5 Å². The van der Waals surface area contributed by atoms with Crippen LogP contribution in [0.1, 0.15) is 0 Å². The van der Waals surface area contributed by atoms with Gasteiger partial charge in [-0.1, -0.05) is 0 Å². The lowest BCUT2D eigenvalue weighted by Gasteiger charge is -2.04. The molecule has 0 bridgehead atoms. The second-order valence-corrected chi connectivity index (χ2v) is 4.41. The van der Waals surface area contributed by atoms with Crippen molar-refractivity contribution in [2.24, 2.45) is 0 Å². The highest BCUT2D eigenvalue weighted by atomic mass is 16.5. The Labute approximate surface area is 125 Å². The average molecular weight is 299 g/mol. The van der Waals surface area contributed by atoms with E-state index in [9.17, 15) is 4.79 Å². The number of nitrogens with two attached hydrogens (primary N) is 1. The predicted molar refractivity (Wildman–Crippen MR) is 80.8 cm³/mol. The van der Waals surface area contributed by atoms with Gasteiger partial charge in [0.1, 0.15) is 5.75 Å². The molecule has 8 heteroatoms. The van der Waals surface area contributed by atoms with Crippen LogP contribution in [-0.4, -0.2) is 28.2 Å². The molecule has 2 heterocycles. The standard InChI is InChI=1S/C14H13N5O3/c1-21-14(20)19-13-17-10-4-3-9(6-11(10)18-13)22-12-5-2-8(15)7-16-12/h2-7H,15H2,1H3,(H2,17,18,19,20). The van der Waals surface area contributed by atoms with Gasteiger partial charge < -0.3 is 20.2 Å². The van der Waals surface area contributed by atoms with E-state index >= 15 is 0 Å². The van der Waals surface area contributed by atoms with Crippen molar-refractivity contribution in [3.8, 4) is 11.6 Å². The van der Waals surface area contributed by atoms with E-state index in [0.717, 1.165) is 0 Å². The fourth-order valence-electron chi connectivity index (χ4n) is 1.83. The zero-order chi connectivity index (χ0) is 15.5. The third-order valence-corrected chi connectivity index (χ3v) is 2.84. The molecule has 0 saturated carbocycles. The number of anilines is 2. The zero-order valence-corrected chi connectivity index (χ0v) is 11.7. The van der Waals surface area contributed by atoms with E-state index in [1.165, 1.54) is 13.3 Å². The Kier molecular flexibility index (Phi) is 3.48. The maximum Gasteiger partial charge on any atom is 0.413 e. The third-order valence-electron chi connectivity index (χ3n) is 2.84. The first kappa shape index (κ1) is 13.7. The second-order valence-electron chi connectivity index (χ2n) is 4.41. The van der Waals surface area contributed by atoms with Gasteiger partial charge in [-0.2, -0.15) is 0 Å². The molecule has 0 aliphatic rings. The molecule has 4 N–H and O–H groups in total. The number of carbonyl (C=O) groups excluding carboxylic acids is 1. The zero-order valence-electron chi connectivity index (χ0n) is 11.7. The fraction of sp³-hybridized carbons (Fsp3) is 0.0714. The van der Waals surface area contributed by atoms with Crippen molar-refractivity contribution in [3.63, 3.8) is 0 Å². The van der Waals surface area contributed by atoms with Crippen LogP contribution in [-0.2, 0) is 4.74 Å². The number of nitrogen functional groups attached to an aromatic ring is 1. The molecule has 1 aromatic carbocycles. The summed E-state index contributed by atoms with van der Waals surface area (Å²) in [5.74, 6) is 1.31. The summed E-state index contributed by atoms with van der Waals surface area (Å²) in [6.45, 7) is 0. The number of aromatic amines is 1. The van der Waals surface area contributed by atoms with E-state index in [2.05, 4.69) is 25.0 Å². The van der Waals surface area contributed by atoms with Crippen LogP contribution in [0, 0.1) is 0 Å². The van der Waals surface area contributed by atoms with E-state index < -0.39 is 6.09 Å². The van der Waals surface area contributed by atoms with Gasteiger partial charge in [0.05, 0.1) is 30.0 Å². The molecular formula is C14H13N5O3. The largest absolute Gasteiger partial charge is 0.453 e. The summed E-state index contributed by atoms with van der Waals surface area (Å²) in [6.07, 6.45) is 0.921. The molecule has 0 saturated heterocycles. The van der Waals surface area contributed by atoms with Crippen LogP contribution in [0.25, 0.3) is 11.0 Å². The molecule has 0 radical (unpaired) electrons. The number of benzene rings is 1. The summed E-state index contributed by atoms with van der Waals surface area (Å²) in [5.41, 5.74) is 7.53. The Hall–Kier alpha value is -3.29. The Balaban J connectivity index is 1.83.